The van der Waals surface area contributed by atoms with E-state index in [4.69, 9.17) is 0 Å². The quantitative estimate of drug-likeness (QED) is 0.783. The molecule has 0 aromatic carbocycles. The number of aromatic nitrogens is 3. The highest BCUT2D eigenvalue weighted by Crippen LogP contribution is 2.27. The molecule has 1 saturated carbocycles. The lowest BCUT2D eigenvalue weighted by Crippen LogP contribution is -2.13. The van der Waals surface area contributed by atoms with E-state index >= 15 is 0 Å². The van der Waals surface area contributed by atoms with E-state index in [1.165, 1.54) is 32.1 Å². The minimum Gasteiger partial charge on any atom is -0.387 e. The monoisotopic (exact) mass is 195 g/mol. The smallest absolute Gasteiger partial charge is 0.111 e. The van der Waals surface area contributed by atoms with Gasteiger partial charge in [0.2, 0.25) is 0 Å². The first-order chi connectivity index (χ1) is 6.77. The minimum absolute atomic E-state index is 0.503. The average Bonchev–Trinajstić information content (AvgIpc) is 2.68. The Morgan fingerprint density at radius 3 is 2.71 bits per heavy atom. The highest BCUT2D eigenvalue weighted by atomic mass is 16.3. The topological polar surface area (TPSA) is 50.9 Å². The predicted molar refractivity (Wildman–Crippen MR) is 52.8 cm³/mol. The summed E-state index contributed by atoms with van der Waals surface area (Å²) in [6.45, 7) is 1.72. The molecule has 4 nitrogen and oxygen atoms in total. The van der Waals surface area contributed by atoms with Gasteiger partial charge in [0.05, 0.1) is 18.3 Å². The summed E-state index contributed by atoms with van der Waals surface area (Å²) in [6, 6.07) is 0.503. The minimum atomic E-state index is -0.507. The van der Waals surface area contributed by atoms with Crippen LogP contribution in [0.25, 0.3) is 0 Å². The van der Waals surface area contributed by atoms with Gasteiger partial charge in [-0.2, -0.15) is 0 Å². The van der Waals surface area contributed by atoms with Crippen molar-refractivity contribution in [3.63, 3.8) is 0 Å². The summed E-state index contributed by atoms with van der Waals surface area (Å²) in [5, 5.41) is 17.3. The molecule has 1 fully saturated rings. The Kier molecular flexibility index (Phi) is 2.82. The molecule has 0 unspecified atom stereocenters. The molecule has 1 aromatic rings. The van der Waals surface area contributed by atoms with Crippen molar-refractivity contribution in [2.45, 2.75) is 51.2 Å². The summed E-state index contributed by atoms with van der Waals surface area (Å²) in [5.74, 6) is 0. The van der Waals surface area contributed by atoms with Crippen LogP contribution in [-0.2, 0) is 0 Å². The van der Waals surface area contributed by atoms with Gasteiger partial charge in [-0.15, -0.1) is 5.10 Å². The molecule has 1 aliphatic carbocycles. The second-order valence-corrected chi connectivity index (χ2v) is 4.09. The molecule has 0 aliphatic heterocycles. The van der Waals surface area contributed by atoms with E-state index in [1.54, 1.807) is 6.92 Å². The van der Waals surface area contributed by atoms with Crippen molar-refractivity contribution in [1.29, 1.82) is 0 Å². The van der Waals surface area contributed by atoms with Gasteiger partial charge in [-0.25, -0.2) is 4.68 Å². The van der Waals surface area contributed by atoms with Crippen LogP contribution in [0.2, 0.25) is 0 Å². The van der Waals surface area contributed by atoms with Crippen molar-refractivity contribution in [3.8, 4) is 0 Å². The van der Waals surface area contributed by atoms with E-state index in [9.17, 15) is 5.11 Å². The lowest BCUT2D eigenvalue weighted by molar-refractivity contribution is 0.194. The third-order valence-corrected chi connectivity index (χ3v) is 2.90. The number of hydrogen-bond acceptors (Lipinski definition) is 3. The molecule has 1 atom stereocenters. The maximum Gasteiger partial charge on any atom is 0.111 e. The van der Waals surface area contributed by atoms with Gasteiger partial charge in [-0.1, -0.05) is 24.5 Å². The van der Waals surface area contributed by atoms with Crippen LogP contribution in [0.3, 0.4) is 0 Å². The van der Waals surface area contributed by atoms with Gasteiger partial charge in [0.15, 0.2) is 0 Å². The summed E-state index contributed by atoms with van der Waals surface area (Å²) in [6.07, 6.45) is 7.68. The first-order valence-electron chi connectivity index (χ1n) is 5.37. The molecule has 2 rings (SSSR count). The normalized spacial score (nSPS) is 21.0. The maximum atomic E-state index is 9.32. The van der Waals surface area contributed by atoms with E-state index in [0.29, 0.717) is 11.7 Å². The maximum absolute atomic E-state index is 9.32. The number of hydrogen-bond donors (Lipinski definition) is 1. The van der Waals surface area contributed by atoms with E-state index in [-0.39, 0.29) is 0 Å². The van der Waals surface area contributed by atoms with Gasteiger partial charge in [-0.3, -0.25) is 0 Å². The SMILES string of the molecule is C[C@H](O)c1cn(C2CCCCC2)nn1. The van der Waals surface area contributed by atoms with Gasteiger partial charge in [0.1, 0.15) is 5.69 Å². The van der Waals surface area contributed by atoms with Crippen molar-refractivity contribution in [1.82, 2.24) is 15.0 Å². The van der Waals surface area contributed by atoms with Crippen LogP contribution in [0.15, 0.2) is 6.20 Å². The van der Waals surface area contributed by atoms with Crippen LogP contribution in [-0.4, -0.2) is 20.1 Å². The molecule has 0 spiro atoms. The summed E-state index contributed by atoms with van der Waals surface area (Å²) in [4.78, 5) is 0. The first kappa shape index (κ1) is 9.65. The number of aliphatic hydroxyl groups is 1. The zero-order valence-electron chi connectivity index (χ0n) is 8.56. The van der Waals surface area contributed by atoms with Gasteiger partial charge in [0.25, 0.3) is 0 Å². The molecule has 14 heavy (non-hydrogen) atoms. The molecule has 1 aliphatic rings. The van der Waals surface area contributed by atoms with Gasteiger partial charge < -0.3 is 5.11 Å². The molecular weight excluding hydrogens is 178 g/mol. The largest absolute Gasteiger partial charge is 0.387 e. The third-order valence-electron chi connectivity index (χ3n) is 2.90. The van der Waals surface area contributed by atoms with Crippen LogP contribution >= 0.6 is 0 Å². The molecule has 4 heteroatoms. The average molecular weight is 195 g/mol. The lowest BCUT2D eigenvalue weighted by atomic mass is 9.96. The second-order valence-electron chi connectivity index (χ2n) is 4.09. The van der Waals surface area contributed by atoms with Crippen LogP contribution < -0.4 is 0 Å². The van der Waals surface area contributed by atoms with Crippen LogP contribution in [0, 0.1) is 0 Å². The fourth-order valence-electron chi connectivity index (χ4n) is 2.01. The number of rotatable bonds is 2. The first-order valence-corrected chi connectivity index (χ1v) is 5.37. The third kappa shape index (κ3) is 1.95. The summed E-state index contributed by atoms with van der Waals surface area (Å²) < 4.78 is 1.92. The molecule has 78 valence electrons. The summed E-state index contributed by atoms with van der Waals surface area (Å²) >= 11 is 0. The van der Waals surface area contributed by atoms with Crippen LogP contribution in [0.4, 0.5) is 0 Å². The molecule has 0 amide bonds. The van der Waals surface area contributed by atoms with E-state index in [2.05, 4.69) is 10.3 Å². The number of aliphatic hydroxyl groups excluding tert-OH is 1. The highest BCUT2D eigenvalue weighted by Gasteiger charge is 2.17. The molecule has 0 saturated heterocycles. The Morgan fingerprint density at radius 1 is 1.43 bits per heavy atom. The highest BCUT2D eigenvalue weighted by molar-refractivity contribution is 4.96. The summed E-state index contributed by atoms with van der Waals surface area (Å²) in [7, 11) is 0. The molecule has 1 heterocycles. The Balaban J connectivity index is 2.07. The van der Waals surface area contributed by atoms with E-state index < -0.39 is 6.10 Å². The standard InChI is InChI=1S/C10H17N3O/c1-8(14)10-7-13(12-11-10)9-5-3-2-4-6-9/h7-9,14H,2-6H2,1H3/t8-/m0/s1. The Morgan fingerprint density at radius 2 is 2.14 bits per heavy atom. The van der Waals surface area contributed by atoms with Gasteiger partial charge >= 0.3 is 0 Å². The Bertz CT molecular complexity index is 289. The van der Waals surface area contributed by atoms with E-state index in [1.807, 2.05) is 10.9 Å². The fraction of sp³-hybridized carbons (Fsp3) is 0.800. The lowest BCUT2D eigenvalue weighted by Gasteiger charge is -2.20. The summed E-state index contributed by atoms with van der Waals surface area (Å²) in [5.41, 5.74) is 0.676. The van der Waals surface area contributed by atoms with Gasteiger partial charge in [-0.05, 0) is 19.8 Å². The van der Waals surface area contributed by atoms with Crippen molar-refractivity contribution < 1.29 is 5.11 Å². The fourth-order valence-corrected chi connectivity index (χ4v) is 2.01. The molecule has 1 aromatic heterocycles. The van der Waals surface area contributed by atoms with Crippen molar-refractivity contribution >= 4 is 0 Å². The van der Waals surface area contributed by atoms with Crippen molar-refractivity contribution in [2.75, 3.05) is 0 Å². The van der Waals surface area contributed by atoms with Crippen molar-refractivity contribution in [3.05, 3.63) is 11.9 Å². The van der Waals surface area contributed by atoms with Crippen molar-refractivity contribution in [2.24, 2.45) is 0 Å². The number of nitrogens with zero attached hydrogens (tertiary/aromatic N) is 3. The Labute approximate surface area is 83.9 Å². The molecule has 0 bridgehead atoms. The van der Waals surface area contributed by atoms with Crippen LogP contribution in [0.1, 0.15) is 56.9 Å². The zero-order chi connectivity index (χ0) is 9.97. The van der Waals surface area contributed by atoms with Gasteiger partial charge in [0, 0.05) is 0 Å². The zero-order valence-corrected chi connectivity index (χ0v) is 8.56. The van der Waals surface area contributed by atoms with Crippen LogP contribution in [0.5, 0.6) is 0 Å². The second kappa shape index (κ2) is 4.09. The Hall–Kier alpha value is -0.900. The van der Waals surface area contributed by atoms with E-state index in [0.717, 1.165) is 0 Å². The molecular formula is C10H17N3O. The molecule has 0 radical (unpaired) electrons. The predicted octanol–water partition coefficient (Wildman–Crippen LogP) is 1.84. The molecule has 1 N–H and O–H groups in total.